The lowest BCUT2D eigenvalue weighted by Crippen LogP contribution is -2.22. The fourth-order valence-corrected chi connectivity index (χ4v) is 1.95. The van der Waals surface area contributed by atoms with Crippen LogP contribution in [0.15, 0.2) is 30.3 Å². The summed E-state index contributed by atoms with van der Waals surface area (Å²) < 4.78 is 0. The minimum Gasteiger partial charge on any atom is -0.508 e. The molecule has 0 aromatic heterocycles. The second-order valence-electron chi connectivity index (χ2n) is 4.59. The summed E-state index contributed by atoms with van der Waals surface area (Å²) in [5.74, 6) is 0.120. The number of likely N-dealkylation sites (N-methyl/N-ethyl adjacent to an activating group) is 1. The van der Waals surface area contributed by atoms with Gasteiger partial charge in [-0.2, -0.15) is 0 Å². The molecule has 0 fully saturated rings. The first-order valence-electron chi connectivity index (χ1n) is 5.68. The van der Waals surface area contributed by atoms with Gasteiger partial charge in [0.1, 0.15) is 5.75 Å². The molecule has 4 heteroatoms. The number of nitrogens with zero attached hydrogens (tertiary/aromatic N) is 1. The van der Waals surface area contributed by atoms with Crippen molar-refractivity contribution in [3.63, 3.8) is 0 Å². The van der Waals surface area contributed by atoms with Crippen LogP contribution in [0.1, 0.15) is 10.4 Å². The Bertz CT molecular complexity index is 606. The second-order valence-corrected chi connectivity index (χ2v) is 4.59. The van der Waals surface area contributed by atoms with E-state index in [1.807, 2.05) is 20.2 Å². The molecule has 0 heterocycles. The number of rotatable bonds is 3. The number of Topliss-reactive ketones (excluding diaryl/α,β-unsaturated/α-hetero) is 1. The molecule has 0 aliphatic heterocycles. The third kappa shape index (κ3) is 2.28. The average molecular weight is 244 g/mol. The summed E-state index contributed by atoms with van der Waals surface area (Å²) in [4.78, 5) is 13.8. The highest BCUT2D eigenvalue weighted by Gasteiger charge is 2.13. The average Bonchev–Trinajstić information content (AvgIpc) is 2.29. The third-order valence-electron chi connectivity index (χ3n) is 2.81. The van der Waals surface area contributed by atoms with E-state index in [2.05, 4.69) is 0 Å². The fourth-order valence-electron chi connectivity index (χ4n) is 1.95. The van der Waals surface area contributed by atoms with Crippen molar-refractivity contribution in [2.24, 2.45) is 0 Å². The van der Waals surface area contributed by atoms with Crippen molar-refractivity contribution in [2.75, 3.05) is 26.4 Å². The molecule has 0 bridgehead atoms. The van der Waals surface area contributed by atoms with Crippen LogP contribution in [0.5, 0.6) is 5.75 Å². The van der Waals surface area contributed by atoms with Gasteiger partial charge >= 0.3 is 0 Å². The van der Waals surface area contributed by atoms with Crippen molar-refractivity contribution >= 4 is 22.2 Å². The van der Waals surface area contributed by atoms with Gasteiger partial charge in [-0.3, -0.25) is 4.79 Å². The van der Waals surface area contributed by atoms with Gasteiger partial charge in [0.05, 0.1) is 12.2 Å². The Labute approximate surface area is 106 Å². The van der Waals surface area contributed by atoms with E-state index in [-0.39, 0.29) is 11.5 Å². The number of hydrogen-bond donors (Lipinski definition) is 2. The molecule has 0 amide bonds. The first kappa shape index (κ1) is 12.4. The molecule has 0 unspecified atom stereocenters. The number of nitrogens with two attached hydrogens (primary N) is 1. The predicted molar refractivity (Wildman–Crippen MR) is 72.9 cm³/mol. The zero-order valence-electron chi connectivity index (χ0n) is 10.5. The molecule has 4 nitrogen and oxygen atoms in total. The number of phenolic OH excluding ortho intramolecular Hbond substituents is 1. The number of aromatic hydroxyl groups is 1. The number of fused-ring (bicyclic) bond motifs is 1. The van der Waals surface area contributed by atoms with Crippen molar-refractivity contribution in [2.45, 2.75) is 0 Å². The summed E-state index contributed by atoms with van der Waals surface area (Å²) in [5.41, 5.74) is 6.94. The normalized spacial score (nSPS) is 11.1. The molecule has 0 saturated carbocycles. The number of hydrogen-bond acceptors (Lipinski definition) is 4. The molecule has 2 aromatic rings. The molecule has 0 atom stereocenters. The van der Waals surface area contributed by atoms with Gasteiger partial charge in [-0.05, 0) is 37.7 Å². The zero-order valence-corrected chi connectivity index (χ0v) is 10.5. The smallest absolute Gasteiger partial charge is 0.178 e. The first-order chi connectivity index (χ1) is 8.49. The molecule has 0 spiro atoms. The van der Waals surface area contributed by atoms with Crippen LogP contribution in [-0.2, 0) is 0 Å². The summed E-state index contributed by atoms with van der Waals surface area (Å²) in [6.45, 7) is 0.314. The summed E-state index contributed by atoms with van der Waals surface area (Å²) >= 11 is 0. The third-order valence-corrected chi connectivity index (χ3v) is 2.81. The van der Waals surface area contributed by atoms with E-state index in [0.717, 1.165) is 5.39 Å². The molecule has 3 N–H and O–H groups in total. The maximum Gasteiger partial charge on any atom is 0.178 e. The molecule has 18 heavy (non-hydrogen) atoms. The SMILES string of the molecule is CN(C)CC(=O)c1ccc2ccc(O)cc2c1N. The van der Waals surface area contributed by atoms with E-state index < -0.39 is 0 Å². The summed E-state index contributed by atoms with van der Waals surface area (Å²) in [6.07, 6.45) is 0. The lowest BCUT2D eigenvalue weighted by molar-refractivity contribution is 0.0959. The lowest BCUT2D eigenvalue weighted by atomic mass is 10.0. The van der Waals surface area contributed by atoms with E-state index in [1.165, 1.54) is 0 Å². The molecule has 2 aromatic carbocycles. The number of anilines is 1. The monoisotopic (exact) mass is 244 g/mol. The van der Waals surface area contributed by atoms with Gasteiger partial charge in [-0.15, -0.1) is 0 Å². The van der Waals surface area contributed by atoms with Gasteiger partial charge in [-0.25, -0.2) is 0 Å². The molecule has 0 aliphatic carbocycles. The molecular weight excluding hydrogens is 228 g/mol. The van der Waals surface area contributed by atoms with Crippen molar-refractivity contribution in [1.82, 2.24) is 4.90 Å². The van der Waals surface area contributed by atoms with Crippen molar-refractivity contribution in [3.05, 3.63) is 35.9 Å². The van der Waals surface area contributed by atoms with Crippen molar-refractivity contribution < 1.29 is 9.90 Å². The quantitative estimate of drug-likeness (QED) is 0.639. The molecule has 2 rings (SSSR count). The lowest BCUT2D eigenvalue weighted by Gasteiger charge is -2.12. The van der Waals surface area contributed by atoms with Crippen LogP contribution in [0, 0.1) is 0 Å². The maximum atomic E-state index is 12.0. The Balaban J connectivity index is 2.53. The minimum atomic E-state index is -0.0252. The predicted octanol–water partition coefficient (Wildman–Crippen LogP) is 1.87. The zero-order chi connectivity index (χ0) is 13.3. The standard InChI is InChI=1S/C14H16N2O2/c1-16(2)8-13(18)11-6-4-9-3-5-10(17)7-12(9)14(11)15/h3-7,17H,8,15H2,1-2H3. The van der Waals surface area contributed by atoms with E-state index in [9.17, 15) is 9.90 Å². The van der Waals surface area contributed by atoms with E-state index in [1.54, 1.807) is 29.2 Å². The Morgan fingerprint density at radius 3 is 2.61 bits per heavy atom. The van der Waals surface area contributed by atoms with E-state index in [0.29, 0.717) is 23.2 Å². The van der Waals surface area contributed by atoms with Gasteiger partial charge in [-0.1, -0.05) is 12.1 Å². The van der Waals surface area contributed by atoms with Crippen LogP contribution in [0.25, 0.3) is 10.8 Å². The van der Waals surface area contributed by atoms with Gasteiger partial charge in [0.2, 0.25) is 0 Å². The second kappa shape index (κ2) is 4.66. The Kier molecular flexibility index (Phi) is 3.21. The fraction of sp³-hybridized carbons (Fsp3) is 0.214. The highest BCUT2D eigenvalue weighted by molar-refractivity contribution is 6.09. The maximum absolute atomic E-state index is 12.0. The summed E-state index contributed by atoms with van der Waals surface area (Å²) in [7, 11) is 3.67. The number of phenols is 1. The van der Waals surface area contributed by atoms with Crippen LogP contribution in [0.4, 0.5) is 5.69 Å². The summed E-state index contributed by atoms with van der Waals surface area (Å²) in [5, 5.41) is 11.1. The van der Waals surface area contributed by atoms with Crippen molar-refractivity contribution in [3.8, 4) is 5.75 Å². The number of carbonyl (C=O) groups excluding carboxylic acids is 1. The highest BCUT2D eigenvalue weighted by Crippen LogP contribution is 2.28. The minimum absolute atomic E-state index is 0.0252. The molecule has 0 aliphatic rings. The summed E-state index contributed by atoms with van der Waals surface area (Å²) in [6, 6.07) is 8.54. The Morgan fingerprint density at radius 2 is 1.94 bits per heavy atom. The van der Waals surface area contributed by atoms with E-state index >= 15 is 0 Å². The van der Waals surface area contributed by atoms with Gasteiger partial charge in [0.25, 0.3) is 0 Å². The molecule has 0 radical (unpaired) electrons. The van der Waals surface area contributed by atoms with Crippen LogP contribution in [0.3, 0.4) is 0 Å². The molecular formula is C14H16N2O2. The Hall–Kier alpha value is -2.07. The first-order valence-corrected chi connectivity index (χ1v) is 5.68. The van der Waals surface area contributed by atoms with Gasteiger partial charge in [0.15, 0.2) is 5.78 Å². The van der Waals surface area contributed by atoms with Gasteiger partial charge < -0.3 is 15.7 Å². The van der Waals surface area contributed by atoms with Crippen LogP contribution < -0.4 is 5.73 Å². The number of nitrogen functional groups attached to an aromatic ring is 1. The Morgan fingerprint density at radius 1 is 1.28 bits per heavy atom. The van der Waals surface area contributed by atoms with Crippen molar-refractivity contribution in [1.29, 1.82) is 0 Å². The molecule has 0 saturated heterocycles. The largest absolute Gasteiger partial charge is 0.508 e. The topological polar surface area (TPSA) is 66.6 Å². The van der Waals surface area contributed by atoms with Gasteiger partial charge in [0, 0.05) is 10.9 Å². The highest BCUT2D eigenvalue weighted by atomic mass is 16.3. The number of ketones is 1. The van der Waals surface area contributed by atoms with Crippen LogP contribution >= 0.6 is 0 Å². The van der Waals surface area contributed by atoms with E-state index in [4.69, 9.17) is 5.73 Å². The molecule has 94 valence electrons. The van der Waals surface area contributed by atoms with Crippen LogP contribution in [0.2, 0.25) is 0 Å². The van der Waals surface area contributed by atoms with Crippen LogP contribution in [-0.4, -0.2) is 36.4 Å². The number of benzene rings is 2. The number of carbonyl (C=O) groups is 1.